The molecule has 0 unspecified atom stereocenters. The van der Waals surface area contributed by atoms with Crippen LogP contribution < -0.4 is 14.8 Å². The summed E-state index contributed by atoms with van der Waals surface area (Å²) in [6, 6.07) is 15.9. The lowest BCUT2D eigenvalue weighted by molar-refractivity contribution is -0.111. The van der Waals surface area contributed by atoms with Gasteiger partial charge in [-0.05, 0) is 53.6 Å². The Morgan fingerprint density at radius 2 is 1.96 bits per heavy atom. The molecule has 142 valence electrons. The fourth-order valence-corrected chi connectivity index (χ4v) is 2.51. The van der Waals surface area contributed by atoms with Crippen LogP contribution in [0.2, 0.25) is 0 Å². The van der Waals surface area contributed by atoms with Crippen molar-refractivity contribution in [1.82, 2.24) is 4.98 Å². The van der Waals surface area contributed by atoms with E-state index in [1.165, 1.54) is 19.3 Å². The number of carbonyl (C=O) groups excluding carboxylic acids is 1. The van der Waals surface area contributed by atoms with Crippen LogP contribution in [0.1, 0.15) is 11.1 Å². The van der Waals surface area contributed by atoms with Gasteiger partial charge in [-0.3, -0.25) is 9.78 Å². The first-order valence-electron chi connectivity index (χ1n) is 8.62. The second-order valence-corrected chi connectivity index (χ2v) is 5.93. The van der Waals surface area contributed by atoms with Crippen LogP contribution in [0.5, 0.6) is 17.2 Å². The number of hydrogen-bond donors (Lipinski definition) is 2. The molecule has 1 heterocycles. The number of phenols is 1. The average molecular weight is 376 g/mol. The minimum absolute atomic E-state index is 0.0203. The molecule has 0 spiro atoms. The summed E-state index contributed by atoms with van der Waals surface area (Å²) < 4.78 is 10.7. The van der Waals surface area contributed by atoms with Crippen molar-refractivity contribution < 1.29 is 19.4 Å². The number of methoxy groups -OCH3 is 1. The molecule has 6 nitrogen and oxygen atoms in total. The second-order valence-electron chi connectivity index (χ2n) is 5.93. The number of ether oxygens (including phenoxy) is 2. The number of nitrogens with zero attached hydrogens (tertiary/aromatic N) is 1. The van der Waals surface area contributed by atoms with Gasteiger partial charge < -0.3 is 19.9 Å². The van der Waals surface area contributed by atoms with Crippen LogP contribution in [0.3, 0.4) is 0 Å². The van der Waals surface area contributed by atoms with E-state index in [9.17, 15) is 9.90 Å². The summed E-state index contributed by atoms with van der Waals surface area (Å²) in [5.41, 5.74) is 2.29. The number of aromatic hydroxyl groups is 1. The lowest BCUT2D eigenvalue weighted by Crippen LogP contribution is -2.08. The van der Waals surface area contributed by atoms with Crippen molar-refractivity contribution in [3.8, 4) is 17.2 Å². The molecule has 0 atom stereocenters. The molecule has 0 saturated carbocycles. The Hall–Kier alpha value is -3.80. The summed E-state index contributed by atoms with van der Waals surface area (Å²) in [4.78, 5) is 16.1. The van der Waals surface area contributed by atoms with Crippen molar-refractivity contribution >= 4 is 17.7 Å². The van der Waals surface area contributed by atoms with Crippen LogP contribution in [-0.2, 0) is 11.4 Å². The van der Waals surface area contributed by atoms with Crippen molar-refractivity contribution in [3.05, 3.63) is 84.2 Å². The van der Waals surface area contributed by atoms with E-state index in [4.69, 9.17) is 9.47 Å². The third kappa shape index (κ3) is 5.35. The highest BCUT2D eigenvalue weighted by Crippen LogP contribution is 2.26. The fraction of sp³-hybridized carbons (Fsp3) is 0.0909. The maximum atomic E-state index is 12.2. The van der Waals surface area contributed by atoms with Gasteiger partial charge in [0.15, 0.2) is 11.5 Å². The molecule has 6 heteroatoms. The highest BCUT2D eigenvalue weighted by molar-refractivity contribution is 6.02. The minimum Gasteiger partial charge on any atom is -0.504 e. The van der Waals surface area contributed by atoms with Gasteiger partial charge in [0, 0.05) is 24.2 Å². The summed E-state index contributed by atoms with van der Waals surface area (Å²) in [6.07, 6.45) is 6.36. The van der Waals surface area contributed by atoms with Crippen LogP contribution in [0.25, 0.3) is 6.08 Å². The number of phenolic OH excluding ortho intramolecular Hbond substituents is 1. The second kappa shape index (κ2) is 9.23. The zero-order chi connectivity index (χ0) is 19.8. The number of aromatic nitrogens is 1. The zero-order valence-electron chi connectivity index (χ0n) is 15.3. The molecular weight excluding hydrogens is 356 g/mol. The summed E-state index contributed by atoms with van der Waals surface area (Å²) in [5.74, 6) is 0.858. The van der Waals surface area contributed by atoms with E-state index in [-0.39, 0.29) is 11.7 Å². The van der Waals surface area contributed by atoms with Crippen molar-refractivity contribution in [2.75, 3.05) is 12.4 Å². The predicted molar refractivity (Wildman–Crippen MR) is 107 cm³/mol. The Kier molecular flexibility index (Phi) is 6.25. The normalized spacial score (nSPS) is 10.6. The molecule has 0 bridgehead atoms. The van der Waals surface area contributed by atoms with Gasteiger partial charge in [0.25, 0.3) is 0 Å². The zero-order valence-corrected chi connectivity index (χ0v) is 15.3. The van der Waals surface area contributed by atoms with Crippen molar-refractivity contribution in [2.24, 2.45) is 0 Å². The van der Waals surface area contributed by atoms with E-state index in [0.29, 0.717) is 23.6 Å². The lowest BCUT2D eigenvalue weighted by Gasteiger charge is -2.08. The molecule has 1 aromatic heterocycles. The molecule has 0 aliphatic heterocycles. The van der Waals surface area contributed by atoms with E-state index < -0.39 is 0 Å². The highest BCUT2D eigenvalue weighted by Gasteiger charge is 2.03. The van der Waals surface area contributed by atoms with E-state index in [2.05, 4.69) is 10.3 Å². The lowest BCUT2D eigenvalue weighted by atomic mass is 10.2. The number of amides is 1. The number of carbonyl (C=O) groups is 1. The Labute approximate surface area is 163 Å². The maximum absolute atomic E-state index is 12.2. The predicted octanol–water partition coefficient (Wildman–Crippen LogP) is 4.03. The monoisotopic (exact) mass is 376 g/mol. The maximum Gasteiger partial charge on any atom is 0.248 e. The molecule has 0 saturated heterocycles. The van der Waals surface area contributed by atoms with Crippen LogP contribution in [0.15, 0.2) is 73.1 Å². The van der Waals surface area contributed by atoms with Gasteiger partial charge in [0.1, 0.15) is 12.4 Å². The number of hydrogen-bond acceptors (Lipinski definition) is 5. The molecule has 0 radical (unpaired) electrons. The number of rotatable bonds is 7. The number of pyridine rings is 1. The van der Waals surface area contributed by atoms with Gasteiger partial charge in [0.05, 0.1) is 7.11 Å². The smallest absolute Gasteiger partial charge is 0.248 e. The molecule has 3 rings (SSSR count). The Morgan fingerprint density at radius 3 is 2.71 bits per heavy atom. The van der Waals surface area contributed by atoms with Crippen molar-refractivity contribution in [1.29, 1.82) is 0 Å². The molecule has 1 amide bonds. The van der Waals surface area contributed by atoms with Crippen LogP contribution >= 0.6 is 0 Å². The Balaban J connectivity index is 1.58. The van der Waals surface area contributed by atoms with Crippen LogP contribution in [-0.4, -0.2) is 23.1 Å². The topological polar surface area (TPSA) is 80.7 Å². The number of anilines is 1. The summed E-state index contributed by atoms with van der Waals surface area (Å²) in [7, 11) is 1.48. The van der Waals surface area contributed by atoms with Gasteiger partial charge in [0.2, 0.25) is 5.91 Å². The third-order valence-corrected chi connectivity index (χ3v) is 3.88. The van der Waals surface area contributed by atoms with Gasteiger partial charge in [-0.15, -0.1) is 0 Å². The summed E-state index contributed by atoms with van der Waals surface area (Å²) in [5, 5.41) is 12.6. The molecule has 3 aromatic rings. The van der Waals surface area contributed by atoms with Gasteiger partial charge in [-0.1, -0.05) is 18.2 Å². The number of nitrogens with one attached hydrogen (secondary N) is 1. The largest absolute Gasteiger partial charge is 0.504 e. The SMILES string of the molecule is COc1ccc(/C=C/C(=O)Nc2cccc(COc3ccncc3)c2)cc1O. The first-order valence-corrected chi connectivity index (χ1v) is 8.62. The van der Waals surface area contributed by atoms with Gasteiger partial charge in [-0.25, -0.2) is 0 Å². The quantitative estimate of drug-likeness (QED) is 0.609. The summed E-state index contributed by atoms with van der Waals surface area (Å²) >= 11 is 0. The number of benzene rings is 2. The van der Waals surface area contributed by atoms with Gasteiger partial charge in [-0.2, -0.15) is 0 Å². The summed E-state index contributed by atoms with van der Waals surface area (Å²) in [6.45, 7) is 0.384. The highest BCUT2D eigenvalue weighted by atomic mass is 16.5. The van der Waals surface area contributed by atoms with Crippen molar-refractivity contribution in [2.45, 2.75) is 6.61 Å². The minimum atomic E-state index is -0.275. The fourth-order valence-electron chi connectivity index (χ4n) is 2.51. The molecule has 2 N–H and O–H groups in total. The molecule has 28 heavy (non-hydrogen) atoms. The van der Waals surface area contributed by atoms with Gasteiger partial charge >= 0.3 is 0 Å². The van der Waals surface area contributed by atoms with Crippen molar-refractivity contribution in [3.63, 3.8) is 0 Å². The molecule has 0 aliphatic rings. The molecular formula is C22H20N2O4. The molecule has 0 fully saturated rings. The molecule has 2 aromatic carbocycles. The standard InChI is InChI=1S/C22H20N2O4/c1-27-21-7-5-16(14-20(21)25)6-8-22(26)24-18-4-2-3-17(13-18)15-28-19-9-11-23-12-10-19/h2-14,25H,15H2,1H3,(H,24,26)/b8-6+. The van der Waals surface area contributed by atoms with E-state index in [0.717, 1.165) is 11.3 Å². The van der Waals surface area contributed by atoms with Crippen LogP contribution in [0, 0.1) is 0 Å². The third-order valence-electron chi connectivity index (χ3n) is 3.88. The average Bonchev–Trinajstić information content (AvgIpc) is 2.72. The van der Waals surface area contributed by atoms with Crippen LogP contribution in [0.4, 0.5) is 5.69 Å². The first-order chi connectivity index (χ1) is 13.6. The molecule has 0 aliphatic carbocycles. The van der Waals surface area contributed by atoms with E-state index in [1.807, 2.05) is 18.2 Å². The Morgan fingerprint density at radius 1 is 1.14 bits per heavy atom. The Bertz CT molecular complexity index is 971. The van der Waals surface area contributed by atoms with E-state index >= 15 is 0 Å². The first kappa shape index (κ1) is 19.0. The van der Waals surface area contributed by atoms with E-state index in [1.54, 1.807) is 48.8 Å².